The van der Waals surface area contributed by atoms with Crippen LogP contribution < -0.4 is 11.3 Å². The van der Waals surface area contributed by atoms with Crippen molar-refractivity contribution in [3.05, 3.63) is 0 Å². The summed E-state index contributed by atoms with van der Waals surface area (Å²) in [5, 5.41) is 9.52. The molecule has 0 spiro atoms. The quantitative estimate of drug-likeness (QED) is 0.427. The van der Waals surface area contributed by atoms with Crippen molar-refractivity contribution in [2.75, 3.05) is 0 Å². The summed E-state index contributed by atoms with van der Waals surface area (Å²) in [5.74, 6) is 6.43. The number of nitrogens with one attached hydrogen (secondary N) is 1. The largest absolute Gasteiger partial charge is 0.271 e. The summed E-state index contributed by atoms with van der Waals surface area (Å²) in [6.45, 7) is 13.7. The third-order valence-corrected chi connectivity index (χ3v) is 7.22. The molecule has 0 saturated heterocycles. The van der Waals surface area contributed by atoms with Gasteiger partial charge in [0.15, 0.2) is 0 Å². The van der Waals surface area contributed by atoms with Crippen LogP contribution in [0.1, 0.15) is 112 Å². The lowest BCUT2D eigenvalue weighted by atomic mass is 9.57. The van der Waals surface area contributed by atoms with Crippen molar-refractivity contribution in [1.82, 2.24) is 5.43 Å². The highest BCUT2D eigenvalue weighted by Crippen LogP contribution is 2.52. The van der Waals surface area contributed by atoms with Crippen LogP contribution in [-0.2, 0) is 0 Å². The van der Waals surface area contributed by atoms with Crippen LogP contribution in [0.3, 0.4) is 0 Å². The Hall–Kier alpha value is -0.590. The minimum Gasteiger partial charge on any atom is -0.271 e. The normalized spacial score (nSPS) is 28.0. The minimum atomic E-state index is -0.241. The number of hydrazine groups is 1. The molecule has 3 unspecified atom stereocenters. The minimum absolute atomic E-state index is 0.192. The second-order valence-corrected chi connectivity index (χ2v) is 10.6. The lowest BCUT2D eigenvalue weighted by molar-refractivity contribution is 0.0296. The monoisotopic (exact) mass is 363 g/mol. The van der Waals surface area contributed by atoms with Gasteiger partial charge in [0.05, 0.1) is 11.5 Å². The molecule has 3 nitrogen and oxygen atoms in total. The number of rotatable bonds is 6. The molecule has 0 aromatic heterocycles. The number of nitrogens with zero attached hydrogens (tertiary/aromatic N) is 1. The summed E-state index contributed by atoms with van der Waals surface area (Å²) < 4.78 is 0. The maximum Gasteiger partial charge on any atom is 0.0684 e. The highest BCUT2D eigenvalue weighted by atomic mass is 15.2. The molecule has 1 rings (SSSR count). The fourth-order valence-electron chi connectivity index (χ4n) is 5.18. The molecule has 0 aromatic rings. The van der Waals surface area contributed by atoms with E-state index in [0.29, 0.717) is 11.5 Å². The van der Waals surface area contributed by atoms with Crippen molar-refractivity contribution < 1.29 is 0 Å². The van der Waals surface area contributed by atoms with E-state index in [1.807, 2.05) is 0 Å². The highest BCUT2D eigenvalue weighted by molar-refractivity contribution is 5.00. The van der Waals surface area contributed by atoms with E-state index in [9.17, 15) is 5.26 Å². The van der Waals surface area contributed by atoms with Crippen molar-refractivity contribution in [3.63, 3.8) is 0 Å². The molecule has 1 aliphatic rings. The first-order valence-electron chi connectivity index (χ1n) is 10.9. The lowest BCUT2D eigenvalue weighted by Gasteiger charge is -2.47. The Morgan fingerprint density at radius 2 is 1.62 bits per heavy atom. The van der Waals surface area contributed by atoms with Crippen LogP contribution in [0, 0.1) is 33.5 Å². The molecule has 0 aromatic carbocycles. The highest BCUT2D eigenvalue weighted by Gasteiger charge is 2.43. The van der Waals surface area contributed by atoms with E-state index in [2.05, 4.69) is 53.0 Å². The Balaban J connectivity index is 2.76. The Morgan fingerprint density at radius 1 is 1.08 bits per heavy atom. The number of nitriles is 1. The summed E-state index contributed by atoms with van der Waals surface area (Å²) in [6, 6.07) is 2.95. The van der Waals surface area contributed by atoms with Gasteiger partial charge < -0.3 is 0 Å². The van der Waals surface area contributed by atoms with Gasteiger partial charge in [-0.05, 0) is 63.2 Å². The summed E-state index contributed by atoms with van der Waals surface area (Å²) >= 11 is 0. The van der Waals surface area contributed by atoms with Crippen LogP contribution in [0.4, 0.5) is 0 Å². The van der Waals surface area contributed by atoms with Crippen molar-refractivity contribution in [1.29, 1.82) is 5.26 Å². The fourth-order valence-corrected chi connectivity index (χ4v) is 5.18. The van der Waals surface area contributed by atoms with E-state index in [1.165, 1.54) is 64.2 Å². The van der Waals surface area contributed by atoms with Gasteiger partial charge in [0.25, 0.3) is 0 Å². The Bertz CT molecular complexity index is 449. The van der Waals surface area contributed by atoms with Crippen molar-refractivity contribution in [2.24, 2.45) is 28.0 Å². The molecule has 1 fully saturated rings. The second kappa shape index (κ2) is 10.1. The second-order valence-electron chi connectivity index (χ2n) is 10.6. The zero-order valence-corrected chi connectivity index (χ0v) is 18.5. The third kappa shape index (κ3) is 7.20. The third-order valence-electron chi connectivity index (χ3n) is 7.22. The summed E-state index contributed by atoms with van der Waals surface area (Å²) in [5.41, 5.74) is 3.20. The molecule has 152 valence electrons. The Morgan fingerprint density at radius 3 is 2.15 bits per heavy atom. The van der Waals surface area contributed by atoms with E-state index in [0.717, 1.165) is 12.3 Å². The maximum absolute atomic E-state index is 9.52. The average molecular weight is 364 g/mol. The number of nitrogens with two attached hydrogens (primary N) is 1. The van der Waals surface area contributed by atoms with Crippen molar-refractivity contribution in [2.45, 2.75) is 118 Å². The molecule has 0 heterocycles. The standard InChI is InChI=1S/C23H45N3/c1-19(26-25)16-20-12-8-7-10-14-23(6,15-11-9-13-20)22(4,5)17-21(2,3)18-24/h19-20,26H,7-17,25H2,1-6H3. The van der Waals surface area contributed by atoms with Gasteiger partial charge in [-0.1, -0.05) is 65.7 Å². The fraction of sp³-hybridized carbons (Fsp3) is 0.957. The van der Waals surface area contributed by atoms with Crippen molar-refractivity contribution in [3.8, 4) is 6.07 Å². The predicted octanol–water partition coefficient (Wildman–Crippen LogP) is 6.34. The molecule has 3 N–H and O–H groups in total. The summed E-state index contributed by atoms with van der Waals surface area (Å²) in [4.78, 5) is 0. The van der Waals surface area contributed by atoms with Gasteiger partial charge in [-0.3, -0.25) is 11.3 Å². The average Bonchev–Trinajstić information content (AvgIpc) is 2.60. The first-order chi connectivity index (χ1) is 12.1. The zero-order chi connectivity index (χ0) is 19.8. The van der Waals surface area contributed by atoms with E-state index in [-0.39, 0.29) is 10.8 Å². The van der Waals surface area contributed by atoms with Gasteiger partial charge in [-0.15, -0.1) is 0 Å². The molecule has 26 heavy (non-hydrogen) atoms. The first kappa shape index (κ1) is 23.4. The van der Waals surface area contributed by atoms with Gasteiger partial charge in [-0.25, -0.2) is 0 Å². The van der Waals surface area contributed by atoms with Gasteiger partial charge >= 0.3 is 0 Å². The zero-order valence-electron chi connectivity index (χ0n) is 18.5. The molecule has 1 aliphatic carbocycles. The molecular formula is C23H45N3. The van der Waals surface area contributed by atoms with E-state index < -0.39 is 0 Å². The lowest BCUT2D eigenvalue weighted by Crippen LogP contribution is -2.38. The topological polar surface area (TPSA) is 61.8 Å². The maximum atomic E-state index is 9.52. The molecule has 0 bridgehead atoms. The van der Waals surface area contributed by atoms with Crippen LogP contribution >= 0.6 is 0 Å². The molecular weight excluding hydrogens is 318 g/mol. The van der Waals surface area contributed by atoms with Crippen LogP contribution in [0.5, 0.6) is 0 Å². The van der Waals surface area contributed by atoms with E-state index in [4.69, 9.17) is 5.84 Å². The smallest absolute Gasteiger partial charge is 0.0684 e. The van der Waals surface area contributed by atoms with Gasteiger partial charge in [-0.2, -0.15) is 5.26 Å². The van der Waals surface area contributed by atoms with Gasteiger partial charge in [0.1, 0.15) is 0 Å². The molecule has 0 aliphatic heterocycles. The summed E-state index contributed by atoms with van der Waals surface area (Å²) in [7, 11) is 0. The van der Waals surface area contributed by atoms with Crippen LogP contribution in [0.25, 0.3) is 0 Å². The van der Waals surface area contributed by atoms with Crippen molar-refractivity contribution >= 4 is 0 Å². The Kier molecular flexibility index (Phi) is 9.10. The van der Waals surface area contributed by atoms with E-state index in [1.54, 1.807) is 0 Å². The Labute approximate surface area is 163 Å². The molecule has 3 heteroatoms. The molecule has 3 atom stereocenters. The molecule has 0 amide bonds. The SMILES string of the molecule is CC(CC1CCCCCC(C)(C(C)(C)CC(C)(C)C#N)CCCC1)NN. The van der Waals surface area contributed by atoms with E-state index >= 15 is 0 Å². The first-order valence-corrected chi connectivity index (χ1v) is 10.9. The number of hydrogen-bond donors (Lipinski definition) is 2. The van der Waals surface area contributed by atoms with Crippen LogP contribution in [0.15, 0.2) is 0 Å². The predicted molar refractivity (Wildman–Crippen MR) is 112 cm³/mol. The summed E-state index contributed by atoms with van der Waals surface area (Å²) in [6.07, 6.45) is 14.1. The van der Waals surface area contributed by atoms with Gasteiger partial charge in [0.2, 0.25) is 0 Å². The number of hydrogen-bond acceptors (Lipinski definition) is 3. The molecule has 1 saturated carbocycles. The molecule has 0 radical (unpaired) electrons. The van der Waals surface area contributed by atoms with Crippen LogP contribution in [-0.4, -0.2) is 6.04 Å². The van der Waals surface area contributed by atoms with Gasteiger partial charge in [0, 0.05) is 6.04 Å². The van der Waals surface area contributed by atoms with Crippen LogP contribution in [0.2, 0.25) is 0 Å².